The molecule has 0 rings (SSSR count). The van der Waals surface area contributed by atoms with E-state index < -0.39 is 32.5 Å². The first kappa shape index (κ1) is 43.0. The van der Waals surface area contributed by atoms with E-state index in [0.717, 1.165) is 89.9 Å². The van der Waals surface area contributed by atoms with Gasteiger partial charge in [-0.2, -0.15) is 0 Å². The van der Waals surface area contributed by atoms with Crippen molar-refractivity contribution in [1.29, 1.82) is 0 Å². The highest BCUT2D eigenvalue weighted by Crippen LogP contribution is 2.35. The van der Waals surface area contributed by atoms with Gasteiger partial charge in [-0.3, -0.25) is 14.1 Å². The van der Waals surface area contributed by atoms with Crippen molar-refractivity contribution in [1.82, 2.24) is 0 Å². The van der Waals surface area contributed by atoms with Crippen LogP contribution in [0.2, 0.25) is 0 Å². The van der Waals surface area contributed by atoms with E-state index in [1.54, 1.807) is 0 Å². The maximum Gasteiger partial charge on any atom is 0.469 e. The highest BCUT2D eigenvalue weighted by molar-refractivity contribution is 7.46. The van der Waals surface area contributed by atoms with Gasteiger partial charge in [0.25, 0.3) is 0 Å². The second-order valence-corrected chi connectivity index (χ2v) is 12.7. The van der Waals surface area contributed by atoms with Crippen LogP contribution in [0.25, 0.3) is 0 Å². The summed E-state index contributed by atoms with van der Waals surface area (Å²) in [7, 11) is -4.75. The van der Waals surface area contributed by atoms with Crippen LogP contribution in [-0.2, 0) is 28.2 Å². The van der Waals surface area contributed by atoms with Crippen molar-refractivity contribution in [3.63, 3.8) is 0 Å². The molecule has 0 aliphatic rings. The minimum Gasteiger partial charge on any atom is -0.462 e. The number of phosphoric ester groups is 1. The number of rotatable bonds is 31. The first-order valence-electron chi connectivity index (χ1n) is 17.4. The van der Waals surface area contributed by atoms with Crippen LogP contribution < -0.4 is 0 Å². The highest BCUT2D eigenvalue weighted by Gasteiger charge is 2.22. The monoisotopic (exact) mass is 654 g/mol. The molecular formula is C36H63O8P. The molecule has 0 fully saturated rings. The fraction of sp³-hybridized carbons (Fsp3) is 0.722. The number of hydrogen-bond acceptors (Lipinski definition) is 6. The van der Waals surface area contributed by atoms with Crippen molar-refractivity contribution in [2.24, 2.45) is 0 Å². The first-order valence-corrected chi connectivity index (χ1v) is 19.0. The van der Waals surface area contributed by atoms with Crippen LogP contribution in [0.5, 0.6) is 0 Å². The lowest BCUT2D eigenvalue weighted by Crippen LogP contribution is -2.29. The van der Waals surface area contributed by atoms with E-state index in [1.165, 1.54) is 19.3 Å². The average Bonchev–Trinajstić information content (AvgIpc) is 3.00. The van der Waals surface area contributed by atoms with Crippen LogP contribution in [0, 0.1) is 0 Å². The summed E-state index contributed by atoms with van der Waals surface area (Å²) in [6, 6.07) is 0. The van der Waals surface area contributed by atoms with Crippen LogP contribution in [0.15, 0.2) is 48.6 Å². The number of carbonyl (C=O) groups is 2. The van der Waals surface area contributed by atoms with Gasteiger partial charge in [0.1, 0.15) is 6.61 Å². The number of phosphoric acid groups is 1. The van der Waals surface area contributed by atoms with Crippen molar-refractivity contribution < 1.29 is 37.9 Å². The van der Waals surface area contributed by atoms with E-state index in [-0.39, 0.29) is 19.4 Å². The lowest BCUT2D eigenvalue weighted by Gasteiger charge is -2.18. The Hall–Kier alpha value is -1.99. The normalized spacial score (nSPS) is 13.1. The van der Waals surface area contributed by atoms with Crippen molar-refractivity contribution >= 4 is 19.8 Å². The Balaban J connectivity index is 4.06. The third-order valence-corrected chi connectivity index (χ3v) is 7.54. The Morgan fingerprint density at radius 3 is 1.56 bits per heavy atom. The third kappa shape index (κ3) is 34.7. The molecule has 0 spiro atoms. The van der Waals surface area contributed by atoms with Crippen molar-refractivity contribution in [2.45, 2.75) is 155 Å². The number of allylic oxidation sites excluding steroid dienone is 8. The first-order chi connectivity index (χ1) is 21.8. The summed E-state index contributed by atoms with van der Waals surface area (Å²) in [4.78, 5) is 42.6. The topological polar surface area (TPSA) is 119 Å². The fourth-order valence-corrected chi connectivity index (χ4v) is 4.79. The molecule has 0 aromatic heterocycles. The molecule has 1 atom stereocenters. The third-order valence-electron chi connectivity index (χ3n) is 7.05. The van der Waals surface area contributed by atoms with Gasteiger partial charge in [-0.15, -0.1) is 0 Å². The number of esters is 2. The molecule has 260 valence electrons. The lowest BCUT2D eigenvalue weighted by atomic mass is 10.1. The smallest absolute Gasteiger partial charge is 0.462 e. The predicted octanol–water partition coefficient (Wildman–Crippen LogP) is 10.0. The Morgan fingerprint density at radius 1 is 0.578 bits per heavy atom. The number of hydrogen-bond donors (Lipinski definition) is 2. The minimum absolute atomic E-state index is 0.191. The molecule has 0 aromatic rings. The number of carbonyl (C=O) groups excluding carboxylic acids is 2. The standard InChI is InChI=1S/C36H63O8P/c1-3-5-7-9-11-13-15-17-19-21-23-25-27-29-31-36(38)44-34(33-43-45(39,40)41)32-42-35(37)30-28-26-24-22-20-18-16-14-12-10-8-6-4-2/h8-11,14-17,34H,3-7,12-13,18-33H2,1-2H3,(H2,39,40,41)/b10-8-,11-9-,16-14-,17-15-. The van der Waals surface area contributed by atoms with Crippen LogP contribution in [-0.4, -0.2) is 41.0 Å². The van der Waals surface area contributed by atoms with Gasteiger partial charge in [-0.05, 0) is 64.2 Å². The highest BCUT2D eigenvalue weighted by atomic mass is 31.2. The molecule has 0 radical (unpaired) electrons. The van der Waals surface area contributed by atoms with E-state index in [2.05, 4.69) is 67.0 Å². The van der Waals surface area contributed by atoms with Gasteiger partial charge in [0.2, 0.25) is 0 Å². The molecule has 2 N–H and O–H groups in total. The van der Waals surface area contributed by atoms with Crippen molar-refractivity contribution in [3.05, 3.63) is 48.6 Å². The Labute approximate surface area is 274 Å². The number of unbranched alkanes of at least 4 members (excludes halogenated alkanes) is 13. The molecule has 0 bridgehead atoms. The summed E-state index contributed by atoms with van der Waals surface area (Å²) in [6.07, 6.45) is 36.9. The van der Waals surface area contributed by atoms with E-state index in [1.807, 2.05) is 0 Å². The van der Waals surface area contributed by atoms with Gasteiger partial charge in [-0.25, -0.2) is 4.57 Å². The summed E-state index contributed by atoms with van der Waals surface area (Å²) in [5.74, 6) is -0.923. The van der Waals surface area contributed by atoms with E-state index in [9.17, 15) is 14.2 Å². The quantitative estimate of drug-likeness (QED) is 0.0328. The predicted molar refractivity (Wildman–Crippen MR) is 184 cm³/mol. The molecule has 0 heterocycles. The molecule has 0 saturated carbocycles. The molecule has 9 heteroatoms. The van der Waals surface area contributed by atoms with Crippen LogP contribution >= 0.6 is 7.82 Å². The second-order valence-electron chi connectivity index (χ2n) is 11.5. The molecular weight excluding hydrogens is 591 g/mol. The van der Waals surface area contributed by atoms with E-state index >= 15 is 0 Å². The summed E-state index contributed by atoms with van der Waals surface area (Å²) in [5.41, 5.74) is 0. The fourth-order valence-electron chi connectivity index (χ4n) is 4.43. The second kappa shape index (κ2) is 32.0. The molecule has 8 nitrogen and oxygen atoms in total. The average molecular weight is 655 g/mol. The Bertz CT molecular complexity index is 874. The summed E-state index contributed by atoms with van der Waals surface area (Å²) >= 11 is 0. The zero-order chi connectivity index (χ0) is 33.3. The van der Waals surface area contributed by atoms with Crippen LogP contribution in [0.3, 0.4) is 0 Å². The lowest BCUT2D eigenvalue weighted by molar-refractivity contribution is -0.161. The largest absolute Gasteiger partial charge is 0.469 e. The van der Waals surface area contributed by atoms with E-state index in [4.69, 9.17) is 19.3 Å². The van der Waals surface area contributed by atoms with Gasteiger partial charge in [-0.1, -0.05) is 120 Å². The van der Waals surface area contributed by atoms with Crippen molar-refractivity contribution in [2.75, 3.05) is 13.2 Å². The summed E-state index contributed by atoms with van der Waals surface area (Å²) in [6.45, 7) is 3.53. The van der Waals surface area contributed by atoms with Gasteiger partial charge in [0.15, 0.2) is 6.10 Å². The Kier molecular flexibility index (Phi) is 30.6. The maximum absolute atomic E-state index is 12.3. The molecule has 1 unspecified atom stereocenters. The zero-order valence-corrected chi connectivity index (χ0v) is 29.1. The molecule has 0 aliphatic heterocycles. The van der Waals surface area contributed by atoms with Gasteiger partial charge in [0.05, 0.1) is 6.61 Å². The Morgan fingerprint density at radius 2 is 1.04 bits per heavy atom. The summed E-state index contributed by atoms with van der Waals surface area (Å²) < 4.78 is 26.2. The van der Waals surface area contributed by atoms with Crippen molar-refractivity contribution in [3.8, 4) is 0 Å². The molecule has 0 saturated heterocycles. The van der Waals surface area contributed by atoms with Gasteiger partial charge >= 0.3 is 19.8 Å². The zero-order valence-electron chi connectivity index (χ0n) is 28.3. The minimum atomic E-state index is -4.75. The number of ether oxygens (including phenoxy) is 2. The molecule has 45 heavy (non-hydrogen) atoms. The van der Waals surface area contributed by atoms with Crippen LogP contribution in [0.4, 0.5) is 0 Å². The van der Waals surface area contributed by atoms with Gasteiger partial charge < -0.3 is 19.3 Å². The van der Waals surface area contributed by atoms with Crippen LogP contribution in [0.1, 0.15) is 149 Å². The maximum atomic E-state index is 12.3. The summed E-state index contributed by atoms with van der Waals surface area (Å²) in [5, 5.41) is 0. The van der Waals surface area contributed by atoms with E-state index in [0.29, 0.717) is 12.8 Å². The molecule has 0 aliphatic carbocycles. The molecule has 0 aromatic carbocycles. The SMILES string of the molecule is CCC/C=C\C/C=C\CCCCCCCC(=O)OCC(COP(=O)(O)O)OC(=O)CCCCCCC/C=C\C/C=C\CCCC. The molecule has 0 amide bonds. The van der Waals surface area contributed by atoms with Gasteiger partial charge in [0, 0.05) is 12.8 Å².